The van der Waals surface area contributed by atoms with Crippen LogP contribution in [0.1, 0.15) is 40.0 Å². The van der Waals surface area contributed by atoms with Gasteiger partial charge in [-0.25, -0.2) is 4.79 Å². The molecule has 21 heavy (non-hydrogen) atoms. The fourth-order valence-electron chi connectivity index (χ4n) is 2.09. The Kier molecular flexibility index (Phi) is 5.47. The fourth-order valence-corrected chi connectivity index (χ4v) is 2.09. The predicted molar refractivity (Wildman–Crippen MR) is 69.6 cm³/mol. The van der Waals surface area contributed by atoms with Crippen molar-refractivity contribution in [3.05, 3.63) is 0 Å². The lowest BCUT2D eigenvalue weighted by atomic mass is 10.1. The Hall–Kier alpha value is -1.47. The van der Waals surface area contributed by atoms with Gasteiger partial charge in [0, 0.05) is 19.0 Å². The number of nitrogens with zero attached hydrogens (tertiary/aromatic N) is 1. The van der Waals surface area contributed by atoms with Gasteiger partial charge in [-0.1, -0.05) is 0 Å². The molecule has 0 saturated carbocycles. The molecular weight excluding hydrogens is 289 g/mol. The van der Waals surface area contributed by atoms with Gasteiger partial charge in [0.1, 0.15) is 12.1 Å². The fraction of sp³-hybridized carbons (Fsp3) is 0.846. The minimum Gasteiger partial charge on any atom is -0.444 e. The molecule has 0 unspecified atom stereocenters. The van der Waals surface area contributed by atoms with Gasteiger partial charge in [-0.05, 0) is 33.6 Å². The molecule has 1 atom stereocenters. The molecule has 5 nitrogen and oxygen atoms in total. The number of carbonyl (C=O) groups is 2. The first kappa shape index (κ1) is 17.6. The van der Waals surface area contributed by atoms with Gasteiger partial charge < -0.3 is 15.0 Å². The third-order valence-corrected chi connectivity index (χ3v) is 2.91. The van der Waals surface area contributed by atoms with E-state index in [1.807, 2.05) is 5.32 Å². The van der Waals surface area contributed by atoms with Crippen molar-refractivity contribution in [1.29, 1.82) is 0 Å². The van der Waals surface area contributed by atoms with Crippen LogP contribution in [0.25, 0.3) is 0 Å². The number of nitrogens with one attached hydrogen (secondary N) is 1. The van der Waals surface area contributed by atoms with E-state index in [2.05, 4.69) is 0 Å². The summed E-state index contributed by atoms with van der Waals surface area (Å²) in [6.45, 7) is 4.28. The number of carbonyl (C=O) groups excluding carboxylic acids is 2. The van der Waals surface area contributed by atoms with Crippen molar-refractivity contribution in [1.82, 2.24) is 10.2 Å². The maximum atomic E-state index is 12.0. The van der Waals surface area contributed by atoms with Crippen LogP contribution in [0.15, 0.2) is 0 Å². The number of ether oxygens (including phenoxy) is 1. The molecule has 1 N–H and O–H groups in total. The predicted octanol–water partition coefficient (Wildman–Crippen LogP) is 2.45. The van der Waals surface area contributed by atoms with Gasteiger partial charge in [-0.15, -0.1) is 0 Å². The van der Waals surface area contributed by atoms with E-state index in [9.17, 15) is 22.8 Å². The van der Waals surface area contributed by atoms with Gasteiger partial charge in [-0.2, -0.15) is 13.2 Å². The molecule has 122 valence electrons. The van der Waals surface area contributed by atoms with E-state index in [4.69, 9.17) is 4.74 Å². The van der Waals surface area contributed by atoms with Gasteiger partial charge in [0.15, 0.2) is 0 Å². The van der Waals surface area contributed by atoms with Crippen LogP contribution < -0.4 is 5.32 Å². The second kappa shape index (κ2) is 6.53. The molecule has 1 rings (SSSR count). The minimum atomic E-state index is -4.43. The van der Waals surface area contributed by atoms with Crippen LogP contribution in [0.3, 0.4) is 0 Å². The van der Waals surface area contributed by atoms with E-state index in [1.165, 1.54) is 4.90 Å². The summed E-state index contributed by atoms with van der Waals surface area (Å²) in [4.78, 5) is 24.9. The highest BCUT2D eigenvalue weighted by atomic mass is 19.4. The quantitative estimate of drug-likeness (QED) is 0.871. The Bertz CT molecular complexity index is 391. The first-order valence-corrected chi connectivity index (χ1v) is 6.81. The molecule has 0 aromatic heterocycles. The number of rotatable bonds is 3. The molecular formula is C13H21F3N2O3. The third kappa shape index (κ3) is 6.68. The number of likely N-dealkylation sites (tertiary alicyclic amines) is 1. The van der Waals surface area contributed by atoms with Crippen molar-refractivity contribution < 1.29 is 27.5 Å². The minimum absolute atomic E-state index is 0.144. The van der Waals surface area contributed by atoms with Crippen LogP contribution in [-0.2, 0) is 9.53 Å². The van der Waals surface area contributed by atoms with Gasteiger partial charge in [-0.3, -0.25) is 4.79 Å². The third-order valence-electron chi connectivity index (χ3n) is 2.91. The Balaban J connectivity index is 2.50. The number of amides is 2. The maximum Gasteiger partial charge on any atom is 0.410 e. The molecule has 0 radical (unpaired) electrons. The number of alkyl halides is 3. The van der Waals surface area contributed by atoms with Gasteiger partial charge in [0.2, 0.25) is 5.91 Å². The van der Waals surface area contributed by atoms with Crippen molar-refractivity contribution in [3.63, 3.8) is 0 Å². The summed E-state index contributed by atoms with van der Waals surface area (Å²) >= 11 is 0. The molecule has 1 aliphatic heterocycles. The van der Waals surface area contributed by atoms with Crippen LogP contribution in [0.4, 0.5) is 18.0 Å². The molecule has 0 aromatic rings. The highest BCUT2D eigenvalue weighted by Crippen LogP contribution is 2.23. The largest absolute Gasteiger partial charge is 0.444 e. The molecule has 8 heteroatoms. The van der Waals surface area contributed by atoms with E-state index in [1.54, 1.807) is 20.8 Å². The van der Waals surface area contributed by atoms with Crippen LogP contribution >= 0.6 is 0 Å². The second-order valence-corrected chi connectivity index (χ2v) is 6.07. The smallest absolute Gasteiger partial charge is 0.410 e. The molecule has 1 aliphatic rings. The zero-order valence-corrected chi connectivity index (χ0v) is 12.4. The molecule has 0 bridgehead atoms. The lowest BCUT2D eigenvalue weighted by Gasteiger charge is -2.28. The summed E-state index contributed by atoms with van der Waals surface area (Å²) < 4.78 is 41.3. The van der Waals surface area contributed by atoms with E-state index < -0.39 is 36.4 Å². The zero-order valence-electron chi connectivity index (χ0n) is 12.4. The average molecular weight is 310 g/mol. The Morgan fingerprint density at radius 1 is 1.29 bits per heavy atom. The standard InChI is InChI=1S/C13H21F3N2O3/c1-12(2,3)21-11(20)18-6-4-5-9(18)7-10(19)17-8-13(14,15)16/h9H,4-8H2,1-3H3,(H,17,19)/t9-/m1/s1. The maximum absolute atomic E-state index is 12.0. The van der Waals surface area contributed by atoms with Crippen LogP contribution in [0.5, 0.6) is 0 Å². The second-order valence-electron chi connectivity index (χ2n) is 6.07. The van der Waals surface area contributed by atoms with Gasteiger partial charge >= 0.3 is 12.3 Å². The van der Waals surface area contributed by atoms with Crippen molar-refractivity contribution in [2.75, 3.05) is 13.1 Å². The summed E-state index contributed by atoms with van der Waals surface area (Å²) in [5, 5.41) is 1.81. The Morgan fingerprint density at radius 3 is 2.43 bits per heavy atom. The molecule has 0 aliphatic carbocycles. The first-order valence-electron chi connectivity index (χ1n) is 6.81. The molecule has 1 saturated heterocycles. The molecule has 1 heterocycles. The van der Waals surface area contributed by atoms with Crippen LogP contribution in [0.2, 0.25) is 0 Å². The highest BCUT2D eigenvalue weighted by molar-refractivity contribution is 5.78. The monoisotopic (exact) mass is 310 g/mol. The lowest BCUT2D eigenvalue weighted by Crippen LogP contribution is -2.43. The average Bonchev–Trinajstić information content (AvgIpc) is 2.71. The van der Waals surface area contributed by atoms with E-state index in [0.29, 0.717) is 19.4 Å². The van der Waals surface area contributed by atoms with Crippen molar-refractivity contribution >= 4 is 12.0 Å². The topological polar surface area (TPSA) is 58.6 Å². The summed E-state index contributed by atoms with van der Waals surface area (Å²) in [6, 6.07) is -0.409. The van der Waals surface area contributed by atoms with Crippen molar-refractivity contribution in [2.24, 2.45) is 0 Å². The molecule has 0 spiro atoms. The SMILES string of the molecule is CC(C)(C)OC(=O)N1CCC[C@@H]1CC(=O)NCC(F)(F)F. The Labute approximate surface area is 121 Å². The first-order chi connectivity index (χ1) is 9.48. The zero-order chi connectivity index (χ0) is 16.3. The van der Waals surface area contributed by atoms with Gasteiger partial charge in [0.05, 0.1) is 0 Å². The molecule has 2 amide bonds. The number of hydrogen-bond donors (Lipinski definition) is 1. The highest BCUT2D eigenvalue weighted by Gasteiger charge is 2.34. The van der Waals surface area contributed by atoms with Gasteiger partial charge in [0.25, 0.3) is 0 Å². The Morgan fingerprint density at radius 2 is 1.90 bits per heavy atom. The van der Waals surface area contributed by atoms with Crippen LogP contribution in [-0.4, -0.2) is 47.8 Å². The summed E-state index contributed by atoms with van der Waals surface area (Å²) in [7, 11) is 0. The summed E-state index contributed by atoms with van der Waals surface area (Å²) in [5.74, 6) is -0.715. The van der Waals surface area contributed by atoms with Crippen molar-refractivity contribution in [2.45, 2.75) is 57.9 Å². The summed E-state index contributed by atoms with van der Waals surface area (Å²) in [6.07, 6.45) is -3.82. The van der Waals surface area contributed by atoms with E-state index in [-0.39, 0.29) is 6.42 Å². The lowest BCUT2D eigenvalue weighted by molar-refractivity contribution is -0.139. The molecule has 0 aromatic carbocycles. The van der Waals surface area contributed by atoms with E-state index >= 15 is 0 Å². The normalized spacial score (nSPS) is 19.5. The molecule has 1 fully saturated rings. The summed E-state index contributed by atoms with van der Waals surface area (Å²) in [5.41, 5.74) is -0.650. The van der Waals surface area contributed by atoms with Crippen LogP contribution in [0, 0.1) is 0 Å². The number of hydrogen-bond acceptors (Lipinski definition) is 3. The number of halogens is 3. The van der Waals surface area contributed by atoms with Crippen molar-refractivity contribution in [3.8, 4) is 0 Å². The van der Waals surface area contributed by atoms with E-state index in [0.717, 1.165) is 0 Å².